The highest BCUT2D eigenvalue weighted by molar-refractivity contribution is 5.92. The lowest BCUT2D eigenvalue weighted by molar-refractivity contribution is 0.0554. The van der Waals surface area contributed by atoms with Crippen molar-refractivity contribution in [1.82, 2.24) is 29.5 Å². The molecule has 3 amide bonds. The van der Waals surface area contributed by atoms with Gasteiger partial charge in [-0.05, 0) is 19.8 Å². The van der Waals surface area contributed by atoms with Crippen LogP contribution in [-0.2, 0) is 19.0 Å². The van der Waals surface area contributed by atoms with Crippen molar-refractivity contribution in [3.63, 3.8) is 0 Å². The van der Waals surface area contributed by atoms with Gasteiger partial charge in [-0.25, -0.2) is 9.78 Å². The SMILES string of the molecule is Cc1ncoc1C(=O)N1Cc2cn(C)nc2C2(CCN(C(=O)N(C)C)CC2)C1. The number of likely N-dealkylation sites (tertiary alicyclic amines) is 1. The molecule has 2 aromatic rings. The summed E-state index contributed by atoms with van der Waals surface area (Å²) in [5.74, 6) is 0.151. The lowest BCUT2D eigenvalue weighted by atomic mass is 9.72. The standard InChI is InChI=1S/C19H26N6O3/c1-13-15(28-12-20-13)17(26)25-10-14-9-23(4)21-16(14)19(11-25)5-7-24(8-6-19)18(27)22(2)3/h9,12H,5-8,10-11H2,1-4H3. The van der Waals surface area contributed by atoms with E-state index in [-0.39, 0.29) is 17.4 Å². The number of aryl methyl sites for hydroxylation is 2. The Kier molecular flexibility index (Phi) is 4.40. The van der Waals surface area contributed by atoms with E-state index in [4.69, 9.17) is 9.52 Å². The molecule has 0 radical (unpaired) electrons. The Morgan fingerprint density at radius 2 is 1.93 bits per heavy atom. The zero-order valence-corrected chi connectivity index (χ0v) is 16.8. The van der Waals surface area contributed by atoms with E-state index in [1.54, 1.807) is 25.9 Å². The van der Waals surface area contributed by atoms with E-state index in [2.05, 4.69) is 4.98 Å². The van der Waals surface area contributed by atoms with E-state index in [1.165, 1.54) is 6.39 Å². The molecule has 0 bridgehead atoms. The van der Waals surface area contributed by atoms with Crippen molar-refractivity contribution in [2.45, 2.75) is 31.7 Å². The molecule has 1 spiro atoms. The highest BCUT2D eigenvalue weighted by atomic mass is 16.3. The van der Waals surface area contributed by atoms with Gasteiger partial charge >= 0.3 is 6.03 Å². The number of aromatic nitrogens is 3. The maximum atomic E-state index is 13.1. The van der Waals surface area contributed by atoms with Gasteiger partial charge in [-0.15, -0.1) is 0 Å². The molecule has 0 unspecified atom stereocenters. The number of rotatable bonds is 1. The number of carbonyl (C=O) groups is 2. The van der Waals surface area contributed by atoms with E-state index in [0.29, 0.717) is 37.6 Å². The van der Waals surface area contributed by atoms with Gasteiger partial charge in [-0.2, -0.15) is 5.10 Å². The average molecular weight is 386 g/mol. The maximum Gasteiger partial charge on any atom is 0.319 e. The highest BCUT2D eigenvalue weighted by Gasteiger charge is 2.46. The van der Waals surface area contributed by atoms with Gasteiger partial charge < -0.3 is 19.1 Å². The van der Waals surface area contributed by atoms with E-state index in [1.807, 2.05) is 27.7 Å². The van der Waals surface area contributed by atoms with Crippen molar-refractivity contribution in [1.29, 1.82) is 0 Å². The fraction of sp³-hybridized carbons (Fsp3) is 0.579. The van der Waals surface area contributed by atoms with E-state index in [0.717, 1.165) is 24.1 Å². The van der Waals surface area contributed by atoms with E-state index < -0.39 is 0 Å². The number of hydrogen-bond acceptors (Lipinski definition) is 5. The smallest absolute Gasteiger partial charge is 0.319 e. The summed E-state index contributed by atoms with van der Waals surface area (Å²) in [4.78, 5) is 34.8. The number of urea groups is 1. The van der Waals surface area contributed by atoms with Crippen molar-refractivity contribution in [2.24, 2.45) is 7.05 Å². The van der Waals surface area contributed by atoms with Crippen LogP contribution < -0.4 is 0 Å². The molecule has 0 aromatic carbocycles. The summed E-state index contributed by atoms with van der Waals surface area (Å²) in [5.41, 5.74) is 2.47. The molecule has 0 saturated carbocycles. The lowest BCUT2D eigenvalue weighted by Gasteiger charge is -2.46. The first kappa shape index (κ1) is 18.5. The summed E-state index contributed by atoms with van der Waals surface area (Å²) >= 11 is 0. The summed E-state index contributed by atoms with van der Waals surface area (Å²) < 4.78 is 7.16. The zero-order chi connectivity index (χ0) is 20.1. The molecular formula is C19H26N6O3. The molecular weight excluding hydrogens is 360 g/mol. The number of piperidine rings is 1. The van der Waals surface area contributed by atoms with Crippen LogP contribution in [0.4, 0.5) is 4.79 Å². The predicted molar refractivity (Wildman–Crippen MR) is 101 cm³/mol. The molecule has 150 valence electrons. The van der Waals surface area contributed by atoms with E-state index >= 15 is 0 Å². The Morgan fingerprint density at radius 1 is 1.21 bits per heavy atom. The van der Waals surface area contributed by atoms with Crippen molar-refractivity contribution in [2.75, 3.05) is 33.7 Å². The van der Waals surface area contributed by atoms with Crippen molar-refractivity contribution in [3.05, 3.63) is 35.3 Å². The third-order valence-electron chi connectivity index (χ3n) is 5.86. The minimum atomic E-state index is -0.248. The molecule has 0 N–H and O–H groups in total. The van der Waals surface area contributed by atoms with Crippen LogP contribution in [0.2, 0.25) is 0 Å². The Morgan fingerprint density at radius 3 is 2.54 bits per heavy atom. The van der Waals surface area contributed by atoms with Crippen LogP contribution in [0.25, 0.3) is 0 Å². The van der Waals surface area contributed by atoms with Gasteiger partial charge in [0.05, 0.1) is 11.4 Å². The van der Waals surface area contributed by atoms with Gasteiger partial charge in [0.15, 0.2) is 6.39 Å². The predicted octanol–water partition coefficient (Wildman–Crippen LogP) is 1.39. The van der Waals surface area contributed by atoms with Crippen LogP contribution >= 0.6 is 0 Å². The zero-order valence-electron chi connectivity index (χ0n) is 16.8. The first-order chi connectivity index (χ1) is 13.3. The molecule has 1 fully saturated rings. The second-order valence-corrected chi connectivity index (χ2v) is 8.05. The van der Waals surface area contributed by atoms with Crippen LogP contribution in [0.1, 0.15) is 40.3 Å². The van der Waals surface area contributed by atoms with Crippen molar-refractivity contribution >= 4 is 11.9 Å². The monoisotopic (exact) mass is 386 g/mol. The summed E-state index contributed by atoms with van der Waals surface area (Å²) in [6.07, 6.45) is 4.84. The Labute approximate surface area is 163 Å². The lowest BCUT2D eigenvalue weighted by Crippen LogP contribution is -2.55. The summed E-state index contributed by atoms with van der Waals surface area (Å²) in [5, 5.41) is 4.74. The number of carbonyl (C=O) groups excluding carboxylic acids is 2. The van der Waals surface area contributed by atoms with E-state index in [9.17, 15) is 9.59 Å². The first-order valence-electron chi connectivity index (χ1n) is 9.49. The molecule has 4 rings (SSSR count). The fourth-order valence-electron chi connectivity index (χ4n) is 4.40. The first-order valence-corrected chi connectivity index (χ1v) is 9.49. The van der Waals surface area contributed by atoms with Crippen LogP contribution in [0.3, 0.4) is 0 Å². The molecule has 1 saturated heterocycles. The van der Waals surface area contributed by atoms with Gasteiger partial charge in [0, 0.05) is 64.5 Å². The quantitative estimate of drug-likeness (QED) is 0.739. The van der Waals surface area contributed by atoms with Gasteiger partial charge in [0.25, 0.3) is 5.91 Å². The van der Waals surface area contributed by atoms with Crippen LogP contribution in [0.15, 0.2) is 17.0 Å². The topological polar surface area (TPSA) is 87.7 Å². The van der Waals surface area contributed by atoms with Gasteiger partial charge in [0.2, 0.25) is 5.76 Å². The Balaban J connectivity index is 1.63. The largest absolute Gasteiger partial charge is 0.438 e. The molecule has 9 nitrogen and oxygen atoms in total. The molecule has 28 heavy (non-hydrogen) atoms. The molecule has 2 aliphatic rings. The van der Waals surface area contributed by atoms with Crippen LogP contribution in [0, 0.1) is 6.92 Å². The third kappa shape index (κ3) is 2.94. The summed E-state index contributed by atoms with van der Waals surface area (Å²) in [6, 6.07) is 0.0251. The van der Waals surface area contributed by atoms with Gasteiger partial charge in [0.1, 0.15) is 0 Å². The minimum Gasteiger partial charge on any atom is -0.438 e. The Bertz CT molecular complexity index is 907. The number of hydrogen-bond donors (Lipinski definition) is 0. The summed E-state index contributed by atoms with van der Waals surface area (Å²) in [6.45, 7) is 4.15. The number of nitrogens with zero attached hydrogens (tertiary/aromatic N) is 6. The second kappa shape index (κ2) is 6.65. The molecule has 4 heterocycles. The maximum absolute atomic E-state index is 13.1. The molecule has 0 aliphatic carbocycles. The number of oxazole rings is 1. The van der Waals surface area contributed by atoms with Crippen LogP contribution in [0.5, 0.6) is 0 Å². The highest BCUT2D eigenvalue weighted by Crippen LogP contribution is 2.41. The molecule has 2 aliphatic heterocycles. The molecule has 2 aromatic heterocycles. The average Bonchev–Trinajstić information content (AvgIpc) is 3.26. The number of amides is 3. The Hall–Kier alpha value is -2.84. The normalized spacial score (nSPS) is 18.3. The van der Waals surface area contributed by atoms with Gasteiger partial charge in [-0.3, -0.25) is 9.48 Å². The third-order valence-corrected chi connectivity index (χ3v) is 5.86. The molecule has 0 atom stereocenters. The second-order valence-electron chi connectivity index (χ2n) is 8.05. The summed E-state index contributed by atoms with van der Waals surface area (Å²) in [7, 11) is 5.44. The fourth-order valence-corrected chi connectivity index (χ4v) is 4.40. The van der Waals surface area contributed by atoms with Crippen molar-refractivity contribution in [3.8, 4) is 0 Å². The van der Waals surface area contributed by atoms with Crippen LogP contribution in [-0.4, -0.2) is 75.1 Å². The minimum absolute atomic E-state index is 0.0251. The molecule has 9 heteroatoms. The number of fused-ring (bicyclic) bond motifs is 2. The van der Waals surface area contributed by atoms with Crippen molar-refractivity contribution < 1.29 is 14.0 Å². The van der Waals surface area contributed by atoms with Gasteiger partial charge in [-0.1, -0.05) is 0 Å².